The summed E-state index contributed by atoms with van der Waals surface area (Å²) in [4.78, 5) is 7.10. The van der Waals surface area contributed by atoms with Crippen LogP contribution in [0.25, 0.3) is 0 Å². The van der Waals surface area contributed by atoms with Crippen molar-refractivity contribution in [3.8, 4) is 0 Å². The molecular formula is C13H14N2S. The van der Waals surface area contributed by atoms with Crippen LogP contribution in [0.4, 0.5) is 5.69 Å². The van der Waals surface area contributed by atoms with Gasteiger partial charge in [0.2, 0.25) is 0 Å². The first-order chi connectivity index (χ1) is 7.88. The maximum atomic E-state index is 4.75. The molecule has 0 aromatic heterocycles. The van der Waals surface area contributed by atoms with E-state index in [1.165, 1.54) is 11.3 Å². The van der Waals surface area contributed by atoms with E-state index in [4.69, 9.17) is 4.99 Å². The van der Waals surface area contributed by atoms with Crippen LogP contribution in [0.1, 0.15) is 18.9 Å². The second kappa shape index (κ2) is 3.98. The highest BCUT2D eigenvalue weighted by atomic mass is 32.2. The number of para-hydroxylation sites is 1. The van der Waals surface area contributed by atoms with Crippen LogP contribution in [-0.4, -0.2) is 16.6 Å². The number of hydrogen-bond acceptors (Lipinski definition) is 3. The number of amidine groups is 1. The molecule has 16 heavy (non-hydrogen) atoms. The summed E-state index contributed by atoms with van der Waals surface area (Å²) < 4.78 is 0. The molecule has 0 aliphatic carbocycles. The van der Waals surface area contributed by atoms with Gasteiger partial charge in [-0.25, -0.2) is 4.99 Å². The van der Waals surface area contributed by atoms with Crippen molar-refractivity contribution < 1.29 is 0 Å². The molecule has 0 atom stereocenters. The molecule has 2 aliphatic heterocycles. The van der Waals surface area contributed by atoms with E-state index < -0.39 is 0 Å². The van der Waals surface area contributed by atoms with Crippen molar-refractivity contribution in [2.75, 3.05) is 6.54 Å². The van der Waals surface area contributed by atoms with E-state index >= 15 is 0 Å². The van der Waals surface area contributed by atoms with E-state index in [0.717, 1.165) is 30.2 Å². The second-order valence-electron chi connectivity index (χ2n) is 4.01. The lowest BCUT2D eigenvalue weighted by molar-refractivity contribution is 0.517. The van der Waals surface area contributed by atoms with E-state index in [1.54, 1.807) is 11.8 Å². The number of aliphatic imine (C=N–C) groups is 1. The number of hydrogen-bond donors (Lipinski definition) is 0. The zero-order chi connectivity index (χ0) is 11.0. The van der Waals surface area contributed by atoms with Crippen molar-refractivity contribution in [2.45, 2.75) is 19.8 Å². The average Bonchev–Trinajstić information content (AvgIpc) is 2.61. The van der Waals surface area contributed by atoms with Crippen LogP contribution in [0.3, 0.4) is 0 Å². The Labute approximate surface area is 100 Å². The molecule has 2 nitrogen and oxygen atoms in total. The fraction of sp³-hybridized carbons (Fsp3) is 0.308. The Balaban J connectivity index is 2.00. The predicted octanol–water partition coefficient (Wildman–Crippen LogP) is 3.53. The summed E-state index contributed by atoms with van der Waals surface area (Å²) in [7, 11) is 0. The van der Waals surface area contributed by atoms with Crippen molar-refractivity contribution in [2.24, 2.45) is 4.99 Å². The molecule has 3 rings (SSSR count). The molecule has 0 unspecified atom stereocenters. The van der Waals surface area contributed by atoms with Crippen LogP contribution in [0.15, 0.2) is 40.4 Å². The second-order valence-corrected chi connectivity index (χ2v) is 4.84. The monoisotopic (exact) mass is 230 g/mol. The first kappa shape index (κ1) is 9.97. The van der Waals surface area contributed by atoms with Crippen molar-refractivity contribution in [3.63, 3.8) is 0 Å². The average molecular weight is 230 g/mol. The van der Waals surface area contributed by atoms with Gasteiger partial charge in [0.05, 0.1) is 5.69 Å². The third kappa shape index (κ3) is 1.55. The van der Waals surface area contributed by atoms with Crippen LogP contribution < -0.4 is 0 Å². The highest BCUT2D eigenvalue weighted by Crippen LogP contribution is 2.34. The molecular weight excluding hydrogens is 216 g/mol. The predicted molar refractivity (Wildman–Crippen MR) is 69.9 cm³/mol. The number of benzene rings is 1. The molecule has 0 amide bonds. The topological polar surface area (TPSA) is 15.6 Å². The van der Waals surface area contributed by atoms with Gasteiger partial charge in [-0.1, -0.05) is 36.9 Å². The van der Waals surface area contributed by atoms with Crippen LogP contribution in [0.2, 0.25) is 0 Å². The van der Waals surface area contributed by atoms with Gasteiger partial charge in [0.15, 0.2) is 5.17 Å². The number of thioether (sulfide) groups is 1. The van der Waals surface area contributed by atoms with Gasteiger partial charge in [-0.3, -0.25) is 0 Å². The number of allylic oxidation sites excluding steroid dienone is 1. The third-order valence-electron chi connectivity index (χ3n) is 3.05. The Morgan fingerprint density at radius 1 is 1.38 bits per heavy atom. The van der Waals surface area contributed by atoms with Gasteiger partial charge < -0.3 is 4.90 Å². The minimum absolute atomic E-state index is 1.06. The molecule has 1 aromatic rings. The van der Waals surface area contributed by atoms with Crippen molar-refractivity contribution in [3.05, 3.63) is 40.9 Å². The molecule has 1 aromatic carbocycles. The smallest absolute Gasteiger partial charge is 0.173 e. The Kier molecular flexibility index (Phi) is 2.48. The van der Waals surface area contributed by atoms with E-state index in [2.05, 4.69) is 41.5 Å². The van der Waals surface area contributed by atoms with Crippen LogP contribution >= 0.6 is 11.8 Å². The van der Waals surface area contributed by atoms with Gasteiger partial charge in [-0.05, 0) is 29.9 Å². The molecule has 0 radical (unpaired) electrons. The van der Waals surface area contributed by atoms with Gasteiger partial charge in [-0.2, -0.15) is 0 Å². The number of fused-ring (bicyclic) bond motifs is 2. The summed E-state index contributed by atoms with van der Waals surface area (Å²) in [6, 6.07) is 8.45. The lowest BCUT2D eigenvalue weighted by Crippen LogP contribution is -2.25. The van der Waals surface area contributed by atoms with Gasteiger partial charge in [0.25, 0.3) is 0 Å². The molecule has 0 spiro atoms. The maximum Gasteiger partial charge on any atom is 0.173 e. The molecule has 0 saturated carbocycles. The summed E-state index contributed by atoms with van der Waals surface area (Å²) >= 11 is 1.75. The highest BCUT2D eigenvalue weighted by molar-refractivity contribution is 8.16. The molecule has 0 fully saturated rings. The molecule has 82 valence electrons. The summed E-state index contributed by atoms with van der Waals surface area (Å²) in [5, 5.41) is 3.37. The van der Waals surface area contributed by atoms with E-state index in [1.807, 2.05) is 0 Å². The number of rotatable bonds is 1. The minimum atomic E-state index is 1.06. The molecule has 3 heteroatoms. The SMILES string of the molecule is CCC1=CSC2=Nc3ccccc3CCN12. The van der Waals surface area contributed by atoms with Gasteiger partial charge in [0.1, 0.15) is 0 Å². The zero-order valence-corrected chi connectivity index (χ0v) is 10.1. The first-order valence-electron chi connectivity index (χ1n) is 5.68. The maximum absolute atomic E-state index is 4.75. The Bertz CT molecular complexity index is 477. The summed E-state index contributed by atoms with van der Waals surface area (Å²) in [5.41, 5.74) is 3.90. The molecule has 0 bridgehead atoms. The van der Waals surface area contributed by atoms with Crippen LogP contribution in [-0.2, 0) is 6.42 Å². The number of nitrogens with zero attached hydrogens (tertiary/aromatic N) is 2. The Morgan fingerprint density at radius 3 is 3.12 bits per heavy atom. The fourth-order valence-electron chi connectivity index (χ4n) is 2.14. The van der Waals surface area contributed by atoms with Crippen molar-refractivity contribution >= 4 is 22.6 Å². The lowest BCUT2D eigenvalue weighted by Gasteiger charge is -2.19. The van der Waals surface area contributed by atoms with E-state index in [-0.39, 0.29) is 0 Å². The summed E-state index contributed by atoms with van der Waals surface area (Å²) in [6.45, 7) is 3.26. The van der Waals surface area contributed by atoms with Gasteiger partial charge in [-0.15, -0.1) is 0 Å². The fourth-order valence-corrected chi connectivity index (χ4v) is 3.16. The summed E-state index contributed by atoms with van der Waals surface area (Å²) in [6.07, 6.45) is 2.17. The van der Waals surface area contributed by atoms with E-state index in [9.17, 15) is 0 Å². The highest BCUT2D eigenvalue weighted by Gasteiger charge is 2.24. The summed E-state index contributed by atoms with van der Waals surface area (Å²) in [5.74, 6) is 0. The molecule has 0 saturated heterocycles. The first-order valence-corrected chi connectivity index (χ1v) is 6.56. The standard InChI is InChI=1S/C13H14N2S/c1-2-11-9-16-13-14-12-6-4-3-5-10(12)7-8-15(11)13/h3-6,9H,2,7-8H2,1H3. The molecule has 2 heterocycles. The van der Waals surface area contributed by atoms with Crippen LogP contribution in [0, 0.1) is 0 Å². The normalized spacial score (nSPS) is 18.4. The quantitative estimate of drug-likeness (QED) is 0.733. The van der Waals surface area contributed by atoms with E-state index in [0.29, 0.717) is 0 Å². The lowest BCUT2D eigenvalue weighted by atomic mass is 10.1. The van der Waals surface area contributed by atoms with Crippen molar-refractivity contribution in [1.29, 1.82) is 0 Å². The Hall–Kier alpha value is -1.22. The van der Waals surface area contributed by atoms with Gasteiger partial charge >= 0.3 is 0 Å². The molecule has 2 aliphatic rings. The largest absolute Gasteiger partial charge is 0.324 e. The van der Waals surface area contributed by atoms with Gasteiger partial charge in [0, 0.05) is 12.2 Å². The van der Waals surface area contributed by atoms with Crippen LogP contribution in [0.5, 0.6) is 0 Å². The zero-order valence-electron chi connectivity index (χ0n) is 9.31. The molecule has 0 N–H and O–H groups in total. The minimum Gasteiger partial charge on any atom is -0.324 e. The van der Waals surface area contributed by atoms with Crippen molar-refractivity contribution in [1.82, 2.24) is 4.90 Å². The third-order valence-corrected chi connectivity index (χ3v) is 3.97. The Morgan fingerprint density at radius 2 is 2.25 bits per heavy atom.